The van der Waals surface area contributed by atoms with Gasteiger partial charge in [-0.1, -0.05) is 30.7 Å². The molecule has 4 heteroatoms. The van der Waals surface area contributed by atoms with Crippen LogP contribution in [0, 0.1) is 6.92 Å². The van der Waals surface area contributed by atoms with E-state index in [1.54, 1.807) is 6.20 Å². The molecule has 3 nitrogen and oxygen atoms in total. The first kappa shape index (κ1) is 18.3. The van der Waals surface area contributed by atoms with Crippen molar-refractivity contribution in [1.82, 2.24) is 4.98 Å². The standard InChI is InChI=1S/C22H23ClN2O/c1-4-16-7-5-9-20(24-3)18(16)14-26-21-11-10-17(13-15(21)2)22-19(23)8-6-12-25-22/h5-13,24H,4,14H2,1-3H3. The third kappa shape index (κ3) is 3.83. The summed E-state index contributed by atoms with van der Waals surface area (Å²) in [6.07, 6.45) is 2.73. The van der Waals surface area contributed by atoms with Crippen molar-refractivity contribution in [3.05, 3.63) is 76.4 Å². The van der Waals surface area contributed by atoms with Crippen LogP contribution in [0.25, 0.3) is 11.3 Å². The molecule has 0 saturated carbocycles. The fourth-order valence-corrected chi connectivity index (χ4v) is 3.31. The van der Waals surface area contributed by atoms with Crippen LogP contribution in [-0.4, -0.2) is 12.0 Å². The molecule has 134 valence electrons. The summed E-state index contributed by atoms with van der Waals surface area (Å²) >= 11 is 6.26. The van der Waals surface area contributed by atoms with E-state index in [0.717, 1.165) is 34.7 Å². The molecule has 1 N–H and O–H groups in total. The lowest BCUT2D eigenvalue weighted by Crippen LogP contribution is -2.05. The summed E-state index contributed by atoms with van der Waals surface area (Å²) in [4.78, 5) is 4.38. The van der Waals surface area contributed by atoms with Crippen LogP contribution in [0.3, 0.4) is 0 Å². The maximum absolute atomic E-state index is 6.26. The molecule has 0 atom stereocenters. The molecule has 2 aromatic carbocycles. The molecule has 0 aliphatic rings. The van der Waals surface area contributed by atoms with Crippen molar-refractivity contribution in [2.24, 2.45) is 0 Å². The first-order chi connectivity index (χ1) is 12.6. The molecule has 3 rings (SSSR count). The molecule has 0 bridgehead atoms. The summed E-state index contributed by atoms with van der Waals surface area (Å²) < 4.78 is 6.14. The molecular weight excluding hydrogens is 344 g/mol. The number of ether oxygens (including phenoxy) is 1. The number of pyridine rings is 1. The van der Waals surface area contributed by atoms with Crippen molar-refractivity contribution in [2.75, 3.05) is 12.4 Å². The zero-order valence-electron chi connectivity index (χ0n) is 15.3. The predicted octanol–water partition coefficient (Wildman–Crippen LogP) is 5.89. The second kappa shape index (κ2) is 8.24. The van der Waals surface area contributed by atoms with Crippen LogP contribution < -0.4 is 10.1 Å². The number of hydrogen-bond donors (Lipinski definition) is 1. The zero-order valence-corrected chi connectivity index (χ0v) is 16.1. The van der Waals surface area contributed by atoms with Crippen molar-refractivity contribution in [3.8, 4) is 17.0 Å². The Balaban J connectivity index is 1.83. The van der Waals surface area contributed by atoms with Gasteiger partial charge in [0.2, 0.25) is 0 Å². The number of aryl methyl sites for hydroxylation is 2. The van der Waals surface area contributed by atoms with Crippen molar-refractivity contribution in [1.29, 1.82) is 0 Å². The van der Waals surface area contributed by atoms with Gasteiger partial charge in [-0.2, -0.15) is 0 Å². The first-order valence-electron chi connectivity index (χ1n) is 8.77. The highest BCUT2D eigenvalue weighted by Gasteiger charge is 2.10. The van der Waals surface area contributed by atoms with Gasteiger partial charge in [-0.05, 0) is 60.9 Å². The lowest BCUT2D eigenvalue weighted by Gasteiger charge is -2.16. The van der Waals surface area contributed by atoms with Crippen LogP contribution in [0.5, 0.6) is 5.75 Å². The number of benzene rings is 2. The van der Waals surface area contributed by atoms with E-state index in [1.807, 2.05) is 38.2 Å². The summed E-state index contributed by atoms with van der Waals surface area (Å²) in [6.45, 7) is 4.74. The van der Waals surface area contributed by atoms with Crippen molar-refractivity contribution < 1.29 is 4.74 Å². The molecule has 0 aliphatic carbocycles. The summed E-state index contributed by atoms with van der Waals surface area (Å²) in [6, 6.07) is 16.0. The number of nitrogens with one attached hydrogen (secondary N) is 1. The highest BCUT2D eigenvalue weighted by Crippen LogP contribution is 2.30. The van der Waals surface area contributed by atoms with Gasteiger partial charge in [0.05, 0.1) is 10.7 Å². The summed E-state index contributed by atoms with van der Waals surface area (Å²) in [5.74, 6) is 0.869. The maximum atomic E-state index is 6.26. The van der Waals surface area contributed by atoms with Crippen LogP contribution in [0.1, 0.15) is 23.6 Å². The van der Waals surface area contributed by atoms with Crippen LogP contribution >= 0.6 is 11.6 Å². The third-order valence-electron chi connectivity index (χ3n) is 4.50. The highest BCUT2D eigenvalue weighted by atomic mass is 35.5. The number of nitrogens with zero attached hydrogens (tertiary/aromatic N) is 1. The maximum Gasteiger partial charge on any atom is 0.122 e. The van der Waals surface area contributed by atoms with Crippen LogP contribution in [-0.2, 0) is 13.0 Å². The normalized spacial score (nSPS) is 10.6. The minimum absolute atomic E-state index is 0.532. The molecule has 0 amide bonds. The lowest BCUT2D eigenvalue weighted by atomic mass is 10.0. The first-order valence-corrected chi connectivity index (χ1v) is 9.14. The van der Waals surface area contributed by atoms with Crippen molar-refractivity contribution in [2.45, 2.75) is 26.9 Å². The number of aromatic nitrogens is 1. The Hall–Kier alpha value is -2.52. The van der Waals surface area contributed by atoms with Crippen LogP contribution in [0.4, 0.5) is 5.69 Å². The predicted molar refractivity (Wildman–Crippen MR) is 109 cm³/mol. The quantitative estimate of drug-likeness (QED) is 0.590. The number of rotatable bonds is 6. The summed E-state index contributed by atoms with van der Waals surface area (Å²) in [5, 5.41) is 3.90. The average molecular weight is 367 g/mol. The Labute approximate surface area is 160 Å². The zero-order chi connectivity index (χ0) is 18.5. The van der Waals surface area contributed by atoms with Crippen LogP contribution in [0.2, 0.25) is 5.02 Å². The molecule has 26 heavy (non-hydrogen) atoms. The van der Waals surface area contributed by atoms with E-state index >= 15 is 0 Å². The molecule has 3 aromatic rings. The van der Waals surface area contributed by atoms with Gasteiger partial charge in [0.15, 0.2) is 0 Å². The Kier molecular flexibility index (Phi) is 5.79. The van der Waals surface area contributed by atoms with E-state index in [9.17, 15) is 0 Å². The minimum atomic E-state index is 0.532. The number of anilines is 1. The van der Waals surface area contributed by atoms with Gasteiger partial charge in [-0.25, -0.2) is 0 Å². The molecule has 0 spiro atoms. The van der Waals surface area contributed by atoms with E-state index < -0.39 is 0 Å². The van der Waals surface area contributed by atoms with E-state index in [2.05, 4.69) is 41.5 Å². The molecule has 1 aromatic heterocycles. The third-order valence-corrected chi connectivity index (χ3v) is 4.81. The van der Waals surface area contributed by atoms with Crippen molar-refractivity contribution in [3.63, 3.8) is 0 Å². The summed E-state index contributed by atoms with van der Waals surface area (Å²) in [5.41, 5.74) is 6.45. The number of halogens is 1. The monoisotopic (exact) mass is 366 g/mol. The molecule has 0 saturated heterocycles. The lowest BCUT2D eigenvalue weighted by molar-refractivity contribution is 0.303. The van der Waals surface area contributed by atoms with Gasteiger partial charge in [0.25, 0.3) is 0 Å². The van der Waals surface area contributed by atoms with Crippen LogP contribution in [0.15, 0.2) is 54.7 Å². The van der Waals surface area contributed by atoms with Gasteiger partial charge in [-0.3, -0.25) is 4.98 Å². The SMILES string of the molecule is CCc1cccc(NC)c1COc1ccc(-c2ncccc2Cl)cc1C. The molecule has 1 heterocycles. The van der Waals surface area contributed by atoms with E-state index in [4.69, 9.17) is 16.3 Å². The average Bonchev–Trinajstić information content (AvgIpc) is 2.67. The van der Waals surface area contributed by atoms with Gasteiger partial charge < -0.3 is 10.1 Å². The minimum Gasteiger partial charge on any atom is -0.489 e. The second-order valence-corrected chi connectivity index (χ2v) is 6.56. The Morgan fingerprint density at radius 1 is 1.12 bits per heavy atom. The second-order valence-electron chi connectivity index (χ2n) is 6.15. The molecular formula is C22H23ClN2O. The summed E-state index contributed by atoms with van der Waals surface area (Å²) in [7, 11) is 1.94. The van der Waals surface area contributed by atoms with Gasteiger partial charge in [0, 0.05) is 30.1 Å². The molecule has 0 fully saturated rings. The topological polar surface area (TPSA) is 34.1 Å². The Morgan fingerprint density at radius 3 is 2.65 bits per heavy atom. The Morgan fingerprint density at radius 2 is 1.96 bits per heavy atom. The van der Waals surface area contributed by atoms with Crippen molar-refractivity contribution >= 4 is 17.3 Å². The fourth-order valence-electron chi connectivity index (χ4n) is 3.08. The van der Waals surface area contributed by atoms with E-state index in [-0.39, 0.29) is 0 Å². The largest absolute Gasteiger partial charge is 0.489 e. The van der Waals surface area contributed by atoms with Gasteiger partial charge in [0.1, 0.15) is 12.4 Å². The van der Waals surface area contributed by atoms with E-state index in [1.165, 1.54) is 11.1 Å². The molecule has 0 unspecified atom stereocenters. The van der Waals surface area contributed by atoms with E-state index in [0.29, 0.717) is 11.6 Å². The fraction of sp³-hybridized carbons (Fsp3) is 0.227. The highest BCUT2D eigenvalue weighted by molar-refractivity contribution is 6.33. The molecule has 0 radical (unpaired) electrons. The number of hydrogen-bond acceptors (Lipinski definition) is 3. The van der Waals surface area contributed by atoms with Gasteiger partial charge in [-0.15, -0.1) is 0 Å². The molecule has 0 aliphatic heterocycles. The Bertz CT molecular complexity index is 886. The van der Waals surface area contributed by atoms with Gasteiger partial charge >= 0.3 is 0 Å². The smallest absolute Gasteiger partial charge is 0.122 e.